The number of nitrogens with zero attached hydrogens (tertiary/aromatic N) is 4. The summed E-state index contributed by atoms with van der Waals surface area (Å²) >= 11 is 0. The van der Waals surface area contributed by atoms with Crippen molar-refractivity contribution in [1.82, 2.24) is 15.0 Å². The number of fused-ring (bicyclic) bond motifs is 5. The first-order valence-electron chi connectivity index (χ1n) is 17.1. The van der Waals surface area contributed by atoms with Gasteiger partial charge in [-0.1, -0.05) is 123 Å². The summed E-state index contributed by atoms with van der Waals surface area (Å²) in [7, 11) is 0. The van der Waals surface area contributed by atoms with Crippen molar-refractivity contribution in [2.45, 2.75) is 19.3 Å². The van der Waals surface area contributed by atoms with Gasteiger partial charge < -0.3 is 0 Å². The van der Waals surface area contributed by atoms with Crippen LogP contribution in [0.1, 0.15) is 25.0 Å². The summed E-state index contributed by atoms with van der Waals surface area (Å²) in [5.41, 5.74) is 14.4. The second kappa shape index (κ2) is 12.0. The van der Waals surface area contributed by atoms with Crippen LogP contribution in [0.2, 0.25) is 0 Å². The molecule has 0 bridgehead atoms. The molecular weight excluding hydrogens is 621 g/mol. The third-order valence-electron chi connectivity index (χ3n) is 10.1. The van der Waals surface area contributed by atoms with E-state index in [0.29, 0.717) is 11.5 Å². The Labute approximate surface area is 297 Å². The molecular formula is C47H32N4. The lowest BCUT2D eigenvalue weighted by atomic mass is 9.79. The molecule has 0 aliphatic heterocycles. The van der Waals surface area contributed by atoms with E-state index in [1.54, 1.807) is 6.20 Å². The summed E-state index contributed by atoms with van der Waals surface area (Å²) in [4.78, 5) is 18.6. The molecule has 4 heteroatoms. The van der Waals surface area contributed by atoms with Crippen LogP contribution < -0.4 is 0 Å². The van der Waals surface area contributed by atoms with E-state index >= 15 is 0 Å². The number of hydrogen-bond acceptors (Lipinski definition) is 3. The fraction of sp³-hybridized carbons (Fsp3) is 0.0638. The van der Waals surface area contributed by atoms with Gasteiger partial charge in [-0.05, 0) is 86.1 Å². The standard InChI is InChI=1S/C47H32N4/c1-47(2)40-27-33(20-21-38(40)39-22-19-31-16-10-18-41(48-3)44(31)45(39)47)35-24-36(34-17-11-23-49-29-34)26-37(25-35)43-28-42(30-12-6-4-7-13-30)50-46(51-43)32-14-8-5-9-15-32/h4-29H,1-2H3. The Morgan fingerprint density at radius 3 is 1.92 bits per heavy atom. The Kier molecular flexibility index (Phi) is 7.15. The van der Waals surface area contributed by atoms with Gasteiger partial charge in [-0.15, -0.1) is 0 Å². The zero-order valence-electron chi connectivity index (χ0n) is 28.3. The number of benzene rings is 6. The monoisotopic (exact) mass is 652 g/mol. The predicted molar refractivity (Wildman–Crippen MR) is 208 cm³/mol. The van der Waals surface area contributed by atoms with Crippen molar-refractivity contribution in [3.05, 3.63) is 181 Å². The SMILES string of the molecule is [C-]#[N+]c1cccc2ccc3c(c12)C(C)(C)c1cc(-c2cc(-c4cccnc4)cc(-c4cc(-c5ccccc5)nc(-c5ccccc5)n4)c2)ccc1-3. The molecule has 6 aromatic carbocycles. The van der Waals surface area contributed by atoms with E-state index in [9.17, 15) is 0 Å². The maximum Gasteiger partial charge on any atom is 0.195 e. The second-order valence-corrected chi connectivity index (χ2v) is 13.6. The Hall–Kier alpha value is -6.70. The quantitative estimate of drug-likeness (QED) is 0.174. The Balaban J connectivity index is 1.24. The summed E-state index contributed by atoms with van der Waals surface area (Å²) in [6, 6.07) is 50.6. The highest BCUT2D eigenvalue weighted by Crippen LogP contribution is 2.53. The first-order chi connectivity index (χ1) is 25.0. The van der Waals surface area contributed by atoms with Crippen molar-refractivity contribution < 1.29 is 0 Å². The third-order valence-corrected chi connectivity index (χ3v) is 10.1. The molecule has 0 saturated heterocycles. The highest BCUT2D eigenvalue weighted by Gasteiger charge is 2.37. The molecule has 0 saturated carbocycles. The summed E-state index contributed by atoms with van der Waals surface area (Å²) in [5.74, 6) is 0.684. The average Bonchev–Trinajstić information content (AvgIpc) is 3.43. The normalized spacial score (nSPS) is 12.6. The van der Waals surface area contributed by atoms with Crippen LogP contribution in [-0.4, -0.2) is 15.0 Å². The highest BCUT2D eigenvalue weighted by molar-refractivity contribution is 6.04. The molecule has 8 aromatic rings. The van der Waals surface area contributed by atoms with E-state index in [1.165, 1.54) is 22.3 Å². The van der Waals surface area contributed by atoms with Crippen molar-refractivity contribution in [2.24, 2.45) is 0 Å². The van der Waals surface area contributed by atoms with E-state index < -0.39 is 0 Å². The lowest BCUT2D eigenvalue weighted by Gasteiger charge is -2.24. The van der Waals surface area contributed by atoms with Crippen LogP contribution in [0.25, 0.3) is 82.9 Å². The van der Waals surface area contributed by atoms with Gasteiger partial charge in [0.05, 0.1) is 18.0 Å². The molecule has 0 unspecified atom stereocenters. The highest BCUT2D eigenvalue weighted by atomic mass is 14.9. The molecule has 0 spiro atoms. The van der Waals surface area contributed by atoms with Gasteiger partial charge >= 0.3 is 0 Å². The molecule has 2 heterocycles. The van der Waals surface area contributed by atoms with Gasteiger partial charge in [-0.25, -0.2) is 14.8 Å². The van der Waals surface area contributed by atoms with Crippen LogP contribution in [0.5, 0.6) is 0 Å². The molecule has 240 valence electrons. The smallest absolute Gasteiger partial charge is 0.195 e. The van der Waals surface area contributed by atoms with Crippen LogP contribution in [0.15, 0.2) is 158 Å². The van der Waals surface area contributed by atoms with E-state index in [0.717, 1.165) is 61.1 Å². The molecule has 0 radical (unpaired) electrons. The van der Waals surface area contributed by atoms with Crippen molar-refractivity contribution >= 4 is 16.5 Å². The van der Waals surface area contributed by atoms with Crippen LogP contribution >= 0.6 is 0 Å². The van der Waals surface area contributed by atoms with Gasteiger partial charge in [0.25, 0.3) is 0 Å². The van der Waals surface area contributed by atoms with Gasteiger partial charge in [0.15, 0.2) is 11.5 Å². The van der Waals surface area contributed by atoms with Crippen molar-refractivity contribution in [1.29, 1.82) is 0 Å². The minimum Gasteiger partial charge on any atom is -0.264 e. The number of aromatic nitrogens is 3. The van der Waals surface area contributed by atoms with Crippen LogP contribution in [-0.2, 0) is 5.41 Å². The average molecular weight is 653 g/mol. The Morgan fingerprint density at radius 1 is 0.529 bits per heavy atom. The van der Waals surface area contributed by atoms with Gasteiger partial charge in [0.1, 0.15) is 0 Å². The van der Waals surface area contributed by atoms with Crippen molar-refractivity contribution in [3.8, 4) is 67.3 Å². The van der Waals surface area contributed by atoms with Crippen LogP contribution in [0.3, 0.4) is 0 Å². The van der Waals surface area contributed by atoms with Crippen LogP contribution in [0, 0.1) is 6.57 Å². The fourth-order valence-corrected chi connectivity index (χ4v) is 7.65. The number of pyridine rings is 1. The van der Waals surface area contributed by atoms with Crippen LogP contribution in [0.4, 0.5) is 5.69 Å². The topological polar surface area (TPSA) is 43.0 Å². The Morgan fingerprint density at radius 2 is 1.20 bits per heavy atom. The molecule has 0 atom stereocenters. The molecule has 2 aromatic heterocycles. The zero-order chi connectivity index (χ0) is 34.5. The minimum atomic E-state index is -0.299. The van der Waals surface area contributed by atoms with E-state index in [-0.39, 0.29) is 5.41 Å². The molecule has 51 heavy (non-hydrogen) atoms. The maximum absolute atomic E-state index is 7.94. The first-order valence-corrected chi connectivity index (χ1v) is 17.1. The summed E-state index contributed by atoms with van der Waals surface area (Å²) in [6.45, 7) is 12.5. The second-order valence-electron chi connectivity index (χ2n) is 13.6. The lowest BCUT2D eigenvalue weighted by Crippen LogP contribution is -2.15. The summed E-state index contributed by atoms with van der Waals surface area (Å²) in [5, 5.41) is 2.16. The molecule has 4 nitrogen and oxygen atoms in total. The summed E-state index contributed by atoms with van der Waals surface area (Å²) in [6.07, 6.45) is 3.72. The van der Waals surface area contributed by atoms with Crippen molar-refractivity contribution in [3.63, 3.8) is 0 Å². The molecule has 0 fully saturated rings. The van der Waals surface area contributed by atoms with E-state index in [2.05, 4.69) is 115 Å². The van der Waals surface area contributed by atoms with E-state index in [1.807, 2.05) is 60.8 Å². The van der Waals surface area contributed by atoms with Gasteiger partial charge in [0.2, 0.25) is 0 Å². The number of hydrogen-bond donors (Lipinski definition) is 0. The predicted octanol–water partition coefficient (Wildman–Crippen LogP) is 12.2. The largest absolute Gasteiger partial charge is 0.264 e. The lowest BCUT2D eigenvalue weighted by molar-refractivity contribution is 0.666. The third kappa shape index (κ3) is 5.19. The Bertz CT molecular complexity index is 2600. The van der Waals surface area contributed by atoms with Gasteiger partial charge in [-0.2, -0.15) is 0 Å². The number of rotatable bonds is 5. The molecule has 1 aliphatic carbocycles. The molecule has 0 amide bonds. The zero-order valence-corrected chi connectivity index (χ0v) is 28.3. The summed E-state index contributed by atoms with van der Waals surface area (Å²) < 4.78 is 0. The van der Waals surface area contributed by atoms with Gasteiger partial charge in [-0.3, -0.25) is 4.98 Å². The minimum absolute atomic E-state index is 0.299. The molecule has 0 N–H and O–H groups in total. The molecule has 1 aliphatic rings. The fourth-order valence-electron chi connectivity index (χ4n) is 7.65. The van der Waals surface area contributed by atoms with Crippen molar-refractivity contribution in [2.75, 3.05) is 0 Å². The van der Waals surface area contributed by atoms with E-state index in [4.69, 9.17) is 16.5 Å². The molecule has 9 rings (SSSR count). The first kappa shape index (κ1) is 30.4. The van der Waals surface area contributed by atoms with Gasteiger partial charge in [0, 0.05) is 40.1 Å². The maximum atomic E-state index is 7.94.